The molecule has 0 saturated carbocycles. The molecule has 0 spiro atoms. The normalized spacial score (nSPS) is 18.2. The molecule has 1 aliphatic rings. The van der Waals surface area contributed by atoms with E-state index in [4.69, 9.17) is 9.47 Å². The van der Waals surface area contributed by atoms with Gasteiger partial charge in [0.05, 0.1) is 13.2 Å². The van der Waals surface area contributed by atoms with Gasteiger partial charge in [-0.25, -0.2) is 0 Å². The van der Waals surface area contributed by atoms with Gasteiger partial charge in [-0.3, -0.25) is 4.90 Å². The predicted octanol–water partition coefficient (Wildman–Crippen LogP) is -0.123. The molecule has 1 N–H and O–H groups in total. The Balaban J connectivity index is 2.20. The molecule has 0 aliphatic carbocycles. The van der Waals surface area contributed by atoms with Crippen molar-refractivity contribution in [2.75, 3.05) is 79.8 Å². The Kier molecular flexibility index (Phi) is 9.42. The fourth-order valence-corrected chi connectivity index (χ4v) is 2.18. The average Bonchev–Trinajstić information content (AvgIpc) is 2.66. The van der Waals surface area contributed by atoms with Crippen molar-refractivity contribution in [1.82, 2.24) is 15.1 Å². The van der Waals surface area contributed by atoms with Gasteiger partial charge in [-0.2, -0.15) is 0 Å². The van der Waals surface area contributed by atoms with Crippen LogP contribution in [0.3, 0.4) is 0 Å². The van der Waals surface area contributed by atoms with Gasteiger partial charge in [-0.05, 0) is 19.5 Å². The van der Waals surface area contributed by atoms with E-state index in [1.165, 1.54) is 19.5 Å². The molecule has 1 rings (SSSR count). The van der Waals surface area contributed by atoms with E-state index in [1.807, 2.05) is 0 Å². The average molecular weight is 259 g/mol. The van der Waals surface area contributed by atoms with Crippen LogP contribution < -0.4 is 5.32 Å². The van der Waals surface area contributed by atoms with Crippen LogP contribution >= 0.6 is 0 Å². The van der Waals surface area contributed by atoms with Crippen molar-refractivity contribution in [3.05, 3.63) is 0 Å². The first-order valence-electron chi connectivity index (χ1n) is 7.00. The Morgan fingerprint density at radius 3 is 2.39 bits per heavy atom. The van der Waals surface area contributed by atoms with Crippen LogP contribution in [-0.2, 0) is 9.47 Å². The third-order valence-corrected chi connectivity index (χ3v) is 3.39. The van der Waals surface area contributed by atoms with Crippen LogP contribution in [0.5, 0.6) is 0 Å². The molecule has 0 amide bonds. The Morgan fingerprint density at radius 1 is 1.00 bits per heavy atom. The molecule has 108 valence electrons. The number of hydrogen-bond donors (Lipinski definition) is 1. The topological polar surface area (TPSA) is 37.0 Å². The fourth-order valence-electron chi connectivity index (χ4n) is 2.18. The van der Waals surface area contributed by atoms with Crippen LogP contribution in [-0.4, -0.2) is 89.6 Å². The molecule has 5 heteroatoms. The Bertz CT molecular complexity index is 177. The van der Waals surface area contributed by atoms with E-state index in [9.17, 15) is 0 Å². The van der Waals surface area contributed by atoms with Gasteiger partial charge in [0, 0.05) is 53.5 Å². The molecule has 0 bridgehead atoms. The van der Waals surface area contributed by atoms with E-state index in [0.29, 0.717) is 0 Å². The molecule has 0 radical (unpaired) electrons. The Morgan fingerprint density at radius 2 is 1.72 bits per heavy atom. The lowest BCUT2D eigenvalue weighted by Crippen LogP contribution is -2.39. The Hall–Kier alpha value is -0.200. The highest BCUT2D eigenvalue weighted by Gasteiger charge is 2.10. The van der Waals surface area contributed by atoms with Gasteiger partial charge in [-0.15, -0.1) is 0 Å². The maximum atomic E-state index is 5.16. The summed E-state index contributed by atoms with van der Waals surface area (Å²) in [4.78, 5) is 4.97. The predicted molar refractivity (Wildman–Crippen MR) is 74.1 cm³/mol. The fraction of sp³-hybridized carbons (Fsp3) is 1.00. The summed E-state index contributed by atoms with van der Waals surface area (Å²) in [6, 6.07) is 0. The second-order valence-electron chi connectivity index (χ2n) is 4.77. The maximum absolute atomic E-state index is 5.16. The first kappa shape index (κ1) is 15.9. The van der Waals surface area contributed by atoms with Gasteiger partial charge < -0.3 is 19.7 Å². The molecule has 0 aromatic heterocycles. The van der Waals surface area contributed by atoms with Gasteiger partial charge in [0.2, 0.25) is 0 Å². The van der Waals surface area contributed by atoms with Crippen molar-refractivity contribution in [3.63, 3.8) is 0 Å². The number of hydrogen-bond acceptors (Lipinski definition) is 5. The highest BCUT2D eigenvalue weighted by molar-refractivity contribution is 4.68. The summed E-state index contributed by atoms with van der Waals surface area (Å²) in [6.07, 6.45) is 1.26. The minimum absolute atomic E-state index is 0.797. The zero-order chi connectivity index (χ0) is 13.1. The monoisotopic (exact) mass is 259 g/mol. The van der Waals surface area contributed by atoms with E-state index in [1.54, 1.807) is 14.2 Å². The van der Waals surface area contributed by atoms with Crippen molar-refractivity contribution < 1.29 is 9.47 Å². The maximum Gasteiger partial charge on any atom is 0.0589 e. The molecule has 1 aliphatic heterocycles. The highest BCUT2D eigenvalue weighted by atomic mass is 16.5. The van der Waals surface area contributed by atoms with Crippen molar-refractivity contribution in [2.24, 2.45) is 0 Å². The molecule has 5 nitrogen and oxygen atoms in total. The first-order chi connectivity index (χ1) is 8.86. The van der Waals surface area contributed by atoms with Gasteiger partial charge >= 0.3 is 0 Å². The van der Waals surface area contributed by atoms with E-state index in [2.05, 4.69) is 15.1 Å². The van der Waals surface area contributed by atoms with Gasteiger partial charge in [0.1, 0.15) is 0 Å². The summed E-state index contributed by atoms with van der Waals surface area (Å²) in [5, 5.41) is 3.44. The molecule has 0 aromatic rings. The van der Waals surface area contributed by atoms with Crippen LogP contribution in [0.4, 0.5) is 0 Å². The molecule has 18 heavy (non-hydrogen) atoms. The lowest BCUT2D eigenvalue weighted by molar-refractivity contribution is 0.106. The molecule has 0 atom stereocenters. The van der Waals surface area contributed by atoms with E-state index >= 15 is 0 Å². The molecule has 1 fully saturated rings. The van der Waals surface area contributed by atoms with Crippen molar-refractivity contribution in [3.8, 4) is 0 Å². The van der Waals surface area contributed by atoms with E-state index in [0.717, 1.165) is 52.5 Å². The minimum Gasteiger partial charge on any atom is -0.383 e. The number of nitrogens with zero attached hydrogens (tertiary/aromatic N) is 2. The summed E-state index contributed by atoms with van der Waals surface area (Å²) in [5.74, 6) is 0. The summed E-state index contributed by atoms with van der Waals surface area (Å²) < 4.78 is 10.3. The summed E-state index contributed by atoms with van der Waals surface area (Å²) in [5.41, 5.74) is 0. The van der Waals surface area contributed by atoms with Crippen LogP contribution in [0.25, 0.3) is 0 Å². The smallest absolute Gasteiger partial charge is 0.0589 e. The highest BCUT2D eigenvalue weighted by Crippen LogP contribution is 1.97. The quantitative estimate of drug-likeness (QED) is 0.625. The van der Waals surface area contributed by atoms with Gasteiger partial charge in [-0.1, -0.05) is 0 Å². The molecule has 1 saturated heterocycles. The van der Waals surface area contributed by atoms with E-state index < -0.39 is 0 Å². The lowest BCUT2D eigenvalue weighted by atomic mass is 10.3. The van der Waals surface area contributed by atoms with Crippen LogP contribution in [0, 0.1) is 0 Å². The van der Waals surface area contributed by atoms with Crippen LogP contribution in [0.1, 0.15) is 6.42 Å². The lowest BCUT2D eigenvalue weighted by Gasteiger charge is -2.26. The SMILES string of the molecule is COCCN(CCOC)CCN1CCCNCC1. The number of rotatable bonds is 9. The third-order valence-electron chi connectivity index (χ3n) is 3.39. The van der Waals surface area contributed by atoms with Crippen LogP contribution in [0.2, 0.25) is 0 Å². The zero-order valence-electron chi connectivity index (χ0n) is 12.0. The Labute approximate surface area is 111 Å². The number of nitrogens with one attached hydrogen (secondary N) is 1. The second-order valence-corrected chi connectivity index (χ2v) is 4.77. The number of methoxy groups -OCH3 is 2. The zero-order valence-corrected chi connectivity index (χ0v) is 12.0. The third kappa shape index (κ3) is 7.28. The minimum atomic E-state index is 0.797. The molecule has 1 heterocycles. The molecular formula is C13H29N3O2. The van der Waals surface area contributed by atoms with E-state index in [-0.39, 0.29) is 0 Å². The summed E-state index contributed by atoms with van der Waals surface area (Å²) in [7, 11) is 3.52. The second kappa shape index (κ2) is 10.7. The molecule has 0 aromatic carbocycles. The molecular weight excluding hydrogens is 230 g/mol. The van der Waals surface area contributed by atoms with Crippen molar-refractivity contribution in [2.45, 2.75) is 6.42 Å². The van der Waals surface area contributed by atoms with Gasteiger partial charge in [0.25, 0.3) is 0 Å². The number of ether oxygens (including phenoxy) is 2. The first-order valence-corrected chi connectivity index (χ1v) is 7.00. The summed E-state index contributed by atoms with van der Waals surface area (Å²) in [6.45, 7) is 10.5. The largest absolute Gasteiger partial charge is 0.383 e. The molecule has 0 unspecified atom stereocenters. The van der Waals surface area contributed by atoms with Gasteiger partial charge in [0.15, 0.2) is 0 Å². The standard InChI is InChI=1S/C13H29N3O2/c1-17-12-10-16(11-13-18-2)9-8-15-6-3-4-14-5-7-15/h14H,3-13H2,1-2H3. The van der Waals surface area contributed by atoms with Crippen molar-refractivity contribution in [1.29, 1.82) is 0 Å². The van der Waals surface area contributed by atoms with Crippen LogP contribution in [0.15, 0.2) is 0 Å². The van der Waals surface area contributed by atoms with Crippen molar-refractivity contribution >= 4 is 0 Å². The summed E-state index contributed by atoms with van der Waals surface area (Å²) >= 11 is 0.